The molecular weight excluding hydrogens is 568 g/mol. The highest BCUT2D eigenvalue weighted by molar-refractivity contribution is 5.92. The van der Waals surface area contributed by atoms with Crippen LogP contribution in [0.4, 0.5) is 0 Å². The number of esters is 2. The number of carbonyl (C=O) groups excluding carboxylic acids is 3. The molecule has 0 radical (unpaired) electrons. The summed E-state index contributed by atoms with van der Waals surface area (Å²) in [6.07, 6.45) is -9.96. The standard InChI is InChI=1S/C30H46O13/c1-9-27(6)12-17(34)30(38)28(7)18(42-25-21(37)20(36)19(35)16(13-31)41-25)10-11-26(4,5)23(28)22(39-14(2)32)24(40-15(3)33)29(30,8)43-27/h9,16,18-25,31,35-38H,1,10-13H2,2-8H3. The van der Waals surface area contributed by atoms with E-state index in [4.69, 9.17) is 23.7 Å². The summed E-state index contributed by atoms with van der Waals surface area (Å²) in [5, 5.41) is 54.2. The summed E-state index contributed by atoms with van der Waals surface area (Å²) in [5.41, 5.74) is -8.14. The van der Waals surface area contributed by atoms with Crippen LogP contribution in [0.5, 0.6) is 0 Å². The molecule has 2 aliphatic heterocycles. The van der Waals surface area contributed by atoms with Crippen LogP contribution in [0.2, 0.25) is 0 Å². The Hall–Kier alpha value is -1.97. The van der Waals surface area contributed by atoms with E-state index in [1.165, 1.54) is 19.9 Å². The lowest BCUT2D eigenvalue weighted by Gasteiger charge is -2.71. The summed E-state index contributed by atoms with van der Waals surface area (Å²) in [7, 11) is 0. The number of aliphatic hydroxyl groups excluding tert-OH is 4. The van der Waals surface area contributed by atoms with Crippen LogP contribution in [0.3, 0.4) is 0 Å². The highest BCUT2D eigenvalue weighted by atomic mass is 16.7. The first-order valence-electron chi connectivity index (χ1n) is 14.6. The Morgan fingerprint density at radius 2 is 1.63 bits per heavy atom. The smallest absolute Gasteiger partial charge is 0.303 e. The zero-order valence-corrected chi connectivity index (χ0v) is 25.8. The van der Waals surface area contributed by atoms with Gasteiger partial charge in [0.05, 0.1) is 18.3 Å². The van der Waals surface area contributed by atoms with E-state index in [9.17, 15) is 39.9 Å². The molecule has 0 spiro atoms. The number of carbonyl (C=O) groups is 3. The summed E-state index contributed by atoms with van der Waals surface area (Å²) >= 11 is 0. The highest BCUT2D eigenvalue weighted by Gasteiger charge is 2.82. The van der Waals surface area contributed by atoms with Crippen molar-refractivity contribution in [2.45, 2.75) is 134 Å². The molecule has 4 aliphatic rings. The minimum atomic E-state index is -2.43. The molecule has 0 aromatic heterocycles. The summed E-state index contributed by atoms with van der Waals surface area (Å²) < 4.78 is 30.2. The molecule has 13 nitrogen and oxygen atoms in total. The molecule has 43 heavy (non-hydrogen) atoms. The van der Waals surface area contributed by atoms with Crippen LogP contribution in [0.25, 0.3) is 0 Å². The predicted octanol–water partition coefficient (Wildman–Crippen LogP) is -0.0851. The SMILES string of the molecule is C=CC1(C)CC(=O)C2(O)C(C)(O1)C(OC(C)=O)C(OC(C)=O)C1C(C)(C)CCC(OC3OC(CO)C(O)C(O)C3O)C12C. The third-order valence-corrected chi connectivity index (χ3v) is 10.4. The van der Waals surface area contributed by atoms with E-state index in [1.807, 2.05) is 13.8 Å². The fraction of sp³-hybridized carbons (Fsp3) is 0.833. The van der Waals surface area contributed by atoms with Gasteiger partial charge in [0.1, 0.15) is 36.1 Å². The lowest BCUT2D eigenvalue weighted by molar-refractivity contribution is -0.390. The highest BCUT2D eigenvalue weighted by Crippen LogP contribution is 2.68. The number of ketones is 1. The molecule has 4 rings (SSSR count). The van der Waals surface area contributed by atoms with Crippen molar-refractivity contribution in [3.63, 3.8) is 0 Å². The van der Waals surface area contributed by atoms with Gasteiger partial charge in [-0.05, 0) is 32.1 Å². The number of ether oxygens (including phenoxy) is 5. The van der Waals surface area contributed by atoms with E-state index >= 15 is 0 Å². The second-order valence-electron chi connectivity index (χ2n) is 13.7. The molecule has 2 saturated carbocycles. The quantitative estimate of drug-likeness (QED) is 0.197. The molecule has 2 saturated heterocycles. The van der Waals surface area contributed by atoms with Crippen molar-refractivity contribution in [2.24, 2.45) is 16.7 Å². The van der Waals surface area contributed by atoms with Gasteiger partial charge < -0.3 is 49.2 Å². The van der Waals surface area contributed by atoms with E-state index in [1.54, 1.807) is 13.8 Å². The van der Waals surface area contributed by atoms with Crippen LogP contribution in [0.1, 0.15) is 67.7 Å². The van der Waals surface area contributed by atoms with Crippen LogP contribution in [0, 0.1) is 16.7 Å². The molecule has 13 unspecified atom stereocenters. The van der Waals surface area contributed by atoms with Gasteiger partial charge in [-0.25, -0.2) is 0 Å². The predicted molar refractivity (Wildman–Crippen MR) is 147 cm³/mol. The van der Waals surface area contributed by atoms with E-state index in [0.29, 0.717) is 6.42 Å². The third-order valence-electron chi connectivity index (χ3n) is 10.4. The molecule has 2 aliphatic carbocycles. The first-order valence-corrected chi connectivity index (χ1v) is 14.6. The molecule has 0 bridgehead atoms. The average Bonchev–Trinajstić information content (AvgIpc) is 2.90. The van der Waals surface area contributed by atoms with Crippen LogP contribution >= 0.6 is 0 Å². The topological polar surface area (TPSA) is 199 Å². The van der Waals surface area contributed by atoms with Gasteiger partial charge in [0.15, 0.2) is 23.8 Å². The monoisotopic (exact) mass is 614 g/mol. The van der Waals surface area contributed by atoms with E-state index in [2.05, 4.69) is 6.58 Å². The second kappa shape index (κ2) is 11.1. The van der Waals surface area contributed by atoms with Crippen LogP contribution < -0.4 is 0 Å². The van der Waals surface area contributed by atoms with E-state index in [-0.39, 0.29) is 12.8 Å². The largest absolute Gasteiger partial charge is 0.458 e. The minimum absolute atomic E-state index is 0.213. The Balaban J connectivity index is 1.96. The van der Waals surface area contributed by atoms with Crippen LogP contribution in [-0.4, -0.2) is 116 Å². The van der Waals surface area contributed by atoms with Gasteiger partial charge in [-0.15, -0.1) is 6.58 Å². The summed E-state index contributed by atoms with van der Waals surface area (Å²) in [6.45, 7) is 13.9. The van der Waals surface area contributed by atoms with Gasteiger partial charge in [0.25, 0.3) is 0 Å². The number of rotatable bonds is 6. The van der Waals surface area contributed by atoms with E-state index in [0.717, 1.165) is 6.92 Å². The zero-order valence-electron chi connectivity index (χ0n) is 25.8. The van der Waals surface area contributed by atoms with E-state index < -0.39 is 107 Å². The van der Waals surface area contributed by atoms with Gasteiger partial charge in [-0.3, -0.25) is 14.4 Å². The molecule has 13 atom stereocenters. The lowest BCUT2D eigenvalue weighted by Crippen LogP contribution is -2.87. The maximum atomic E-state index is 14.4. The van der Waals surface area contributed by atoms with Gasteiger partial charge in [-0.1, -0.05) is 26.8 Å². The summed E-state index contributed by atoms with van der Waals surface area (Å²) in [4.78, 5) is 39.5. The Kier molecular flexibility index (Phi) is 8.78. The minimum Gasteiger partial charge on any atom is -0.458 e. The number of fused-ring (bicyclic) bond motifs is 3. The van der Waals surface area contributed by atoms with Crippen molar-refractivity contribution in [1.82, 2.24) is 0 Å². The zero-order chi connectivity index (χ0) is 32.5. The first-order chi connectivity index (χ1) is 19.7. The number of hydrogen-bond donors (Lipinski definition) is 5. The average molecular weight is 615 g/mol. The van der Waals surface area contributed by atoms with Crippen molar-refractivity contribution in [3.05, 3.63) is 12.7 Å². The Bertz CT molecular complexity index is 1140. The second-order valence-corrected chi connectivity index (χ2v) is 13.7. The van der Waals surface area contributed by atoms with Crippen LogP contribution in [0.15, 0.2) is 12.7 Å². The summed E-state index contributed by atoms with van der Waals surface area (Å²) in [6, 6.07) is 0. The third kappa shape index (κ3) is 4.96. The van der Waals surface area contributed by atoms with Gasteiger partial charge in [0, 0.05) is 31.6 Å². The maximum Gasteiger partial charge on any atom is 0.303 e. The Labute approximate surface area is 251 Å². The van der Waals surface area contributed by atoms with Crippen molar-refractivity contribution >= 4 is 17.7 Å². The van der Waals surface area contributed by atoms with Gasteiger partial charge in [0.2, 0.25) is 0 Å². The molecule has 0 amide bonds. The van der Waals surface area contributed by atoms with Crippen molar-refractivity contribution in [2.75, 3.05) is 6.61 Å². The fourth-order valence-corrected chi connectivity index (χ4v) is 8.46. The number of aliphatic hydroxyl groups is 5. The molecule has 2 heterocycles. The van der Waals surface area contributed by atoms with Gasteiger partial charge >= 0.3 is 11.9 Å². The molecule has 4 fully saturated rings. The number of Topliss-reactive ketones (excluding diaryl/α,β-unsaturated/α-hetero) is 1. The Morgan fingerprint density at radius 1 is 1.02 bits per heavy atom. The number of hydrogen-bond acceptors (Lipinski definition) is 13. The molecular formula is C30H46O13. The fourth-order valence-electron chi connectivity index (χ4n) is 8.46. The summed E-state index contributed by atoms with van der Waals surface area (Å²) in [5.74, 6) is -2.98. The van der Waals surface area contributed by atoms with Crippen molar-refractivity contribution < 1.29 is 63.6 Å². The van der Waals surface area contributed by atoms with Crippen molar-refractivity contribution in [1.29, 1.82) is 0 Å². The van der Waals surface area contributed by atoms with Crippen LogP contribution in [-0.2, 0) is 38.1 Å². The molecule has 0 aromatic rings. The molecule has 0 aromatic carbocycles. The molecule has 13 heteroatoms. The molecule has 5 N–H and O–H groups in total. The van der Waals surface area contributed by atoms with Gasteiger partial charge in [-0.2, -0.15) is 0 Å². The Morgan fingerprint density at radius 3 is 2.16 bits per heavy atom. The normalized spacial score (nSPS) is 49.3. The lowest BCUT2D eigenvalue weighted by atomic mass is 9.39. The van der Waals surface area contributed by atoms with Crippen molar-refractivity contribution in [3.8, 4) is 0 Å². The maximum absolute atomic E-state index is 14.4. The molecule has 244 valence electrons. The first kappa shape index (κ1) is 33.9.